The Morgan fingerprint density at radius 2 is 1.50 bits per heavy atom. The molecule has 12 heavy (non-hydrogen) atoms. The maximum atomic E-state index is 8.76. The summed E-state index contributed by atoms with van der Waals surface area (Å²) in [5.74, 6) is 1.22. The van der Waals surface area contributed by atoms with Crippen LogP contribution in [0.15, 0.2) is 0 Å². The Hall–Kier alpha value is -0.120. The monoisotopic (exact) mass is 173 g/mol. The third-order valence-electron chi connectivity index (χ3n) is 2.61. The lowest BCUT2D eigenvalue weighted by Gasteiger charge is -2.29. The van der Waals surface area contributed by atoms with Crippen LogP contribution < -0.4 is 5.32 Å². The fourth-order valence-corrected chi connectivity index (χ4v) is 1.93. The van der Waals surface area contributed by atoms with Gasteiger partial charge in [0.05, 0.1) is 0 Å². The van der Waals surface area contributed by atoms with Crippen LogP contribution in [-0.2, 0) is 0 Å². The standard InChI is InChI=1S/C9H19NO2/c11-3-1-8-5-9(2-4-12)7-10-6-8/h8-12H,1-7H2. The summed E-state index contributed by atoms with van der Waals surface area (Å²) in [6, 6.07) is 0. The molecule has 1 aliphatic heterocycles. The molecule has 0 amide bonds. The van der Waals surface area contributed by atoms with Gasteiger partial charge in [0, 0.05) is 13.2 Å². The van der Waals surface area contributed by atoms with Gasteiger partial charge in [0.2, 0.25) is 0 Å². The zero-order valence-corrected chi connectivity index (χ0v) is 7.50. The summed E-state index contributed by atoms with van der Waals surface area (Å²) in [7, 11) is 0. The van der Waals surface area contributed by atoms with Crippen LogP contribution in [0.5, 0.6) is 0 Å². The molecule has 0 radical (unpaired) electrons. The Kier molecular flexibility index (Phi) is 4.58. The first-order valence-electron chi connectivity index (χ1n) is 4.79. The first-order chi connectivity index (χ1) is 5.86. The molecule has 1 rings (SSSR count). The van der Waals surface area contributed by atoms with Crippen LogP contribution in [-0.4, -0.2) is 36.5 Å². The molecule has 1 fully saturated rings. The van der Waals surface area contributed by atoms with Crippen LogP contribution in [0.4, 0.5) is 0 Å². The lowest BCUT2D eigenvalue weighted by molar-refractivity contribution is 0.183. The molecule has 0 saturated carbocycles. The molecule has 0 spiro atoms. The highest BCUT2D eigenvalue weighted by molar-refractivity contribution is 4.75. The van der Waals surface area contributed by atoms with Crippen LogP contribution >= 0.6 is 0 Å². The molecule has 3 nitrogen and oxygen atoms in total. The molecular weight excluding hydrogens is 154 g/mol. The van der Waals surface area contributed by atoms with Crippen LogP contribution in [0.25, 0.3) is 0 Å². The second-order valence-corrected chi connectivity index (χ2v) is 3.65. The van der Waals surface area contributed by atoms with E-state index in [0.29, 0.717) is 11.8 Å². The Morgan fingerprint density at radius 3 is 1.92 bits per heavy atom. The van der Waals surface area contributed by atoms with Crippen LogP contribution in [0.3, 0.4) is 0 Å². The fraction of sp³-hybridized carbons (Fsp3) is 1.00. The van der Waals surface area contributed by atoms with E-state index in [1.54, 1.807) is 0 Å². The van der Waals surface area contributed by atoms with Crippen molar-refractivity contribution in [2.75, 3.05) is 26.3 Å². The summed E-state index contributed by atoms with van der Waals surface area (Å²) in [6.07, 6.45) is 2.96. The fourth-order valence-electron chi connectivity index (χ4n) is 1.93. The highest BCUT2D eigenvalue weighted by Crippen LogP contribution is 2.21. The summed E-state index contributed by atoms with van der Waals surface area (Å²) in [5.41, 5.74) is 0. The molecule has 2 unspecified atom stereocenters. The van der Waals surface area contributed by atoms with Gasteiger partial charge in [0.1, 0.15) is 0 Å². The lowest BCUT2D eigenvalue weighted by Crippen LogP contribution is -2.36. The maximum Gasteiger partial charge on any atom is 0.0434 e. The molecule has 1 heterocycles. The first kappa shape index (κ1) is 9.96. The summed E-state index contributed by atoms with van der Waals surface area (Å²) in [5, 5.41) is 20.8. The van der Waals surface area contributed by atoms with E-state index in [1.807, 2.05) is 0 Å². The SMILES string of the molecule is OCCC1CNCC(CCO)C1. The topological polar surface area (TPSA) is 52.5 Å². The molecule has 1 aliphatic rings. The molecule has 3 N–H and O–H groups in total. The average Bonchev–Trinajstić information content (AvgIpc) is 2.06. The van der Waals surface area contributed by atoms with Gasteiger partial charge in [-0.1, -0.05) is 0 Å². The van der Waals surface area contributed by atoms with E-state index in [1.165, 1.54) is 0 Å². The summed E-state index contributed by atoms with van der Waals surface area (Å²) >= 11 is 0. The average molecular weight is 173 g/mol. The minimum Gasteiger partial charge on any atom is -0.396 e. The first-order valence-corrected chi connectivity index (χ1v) is 4.79. The molecule has 0 aromatic heterocycles. The third kappa shape index (κ3) is 3.09. The normalized spacial score (nSPS) is 30.5. The van der Waals surface area contributed by atoms with Crippen LogP contribution in [0.2, 0.25) is 0 Å². The molecular formula is C9H19NO2. The predicted molar refractivity (Wildman–Crippen MR) is 47.9 cm³/mol. The van der Waals surface area contributed by atoms with Crippen molar-refractivity contribution in [3.05, 3.63) is 0 Å². The third-order valence-corrected chi connectivity index (χ3v) is 2.61. The zero-order chi connectivity index (χ0) is 8.81. The second kappa shape index (κ2) is 5.51. The van der Waals surface area contributed by atoms with Gasteiger partial charge in [-0.15, -0.1) is 0 Å². The van der Waals surface area contributed by atoms with Gasteiger partial charge in [-0.3, -0.25) is 0 Å². The minimum absolute atomic E-state index is 0.290. The van der Waals surface area contributed by atoms with E-state index >= 15 is 0 Å². The van der Waals surface area contributed by atoms with Gasteiger partial charge in [0.25, 0.3) is 0 Å². The van der Waals surface area contributed by atoms with Gasteiger partial charge in [0.15, 0.2) is 0 Å². The number of aliphatic hydroxyl groups is 2. The molecule has 0 bridgehead atoms. The number of nitrogens with one attached hydrogen (secondary N) is 1. The van der Waals surface area contributed by atoms with Crippen molar-refractivity contribution in [3.63, 3.8) is 0 Å². The van der Waals surface area contributed by atoms with Crippen LogP contribution in [0, 0.1) is 11.8 Å². The highest BCUT2D eigenvalue weighted by Gasteiger charge is 2.20. The predicted octanol–water partition coefficient (Wildman–Crippen LogP) is -0.0231. The molecule has 0 aromatic rings. The summed E-state index contributed by atoms with van der Waals surface area (Å²) in [4.78, 5) is 0. The molecule has 72 valence electrons. The van der Waals surface area contributed by atoms with Crippen molar-refractivity contribution in [1.29, 1.82) is 0 Å². The number of aliphatic hydroxyl groups excluding tert-OH is 2. The number of hydrogen-bond donors (Lipinski definition) is 3. The highest BCUT2D eigenvalue weighted by atomic mass is 16.3. The number of rotatable bonds is 4. The Labute approximate surface area is 73.8 Å². The van der Waals surface area contributed by atoms with E-state index in [4.69, 9.17) is 10.2 Å². The summed E-state index contributed by atoms with van der Waals surface area (Å²) < 4.78 is 0. The molecule has 1 saturated heterocycles. The largest absolute Gasteiger partial charge is 0.396 e. The number of piperidine rings is 1. The van der Waals surface area contributed by atoms with E-state index in [0.717, 1.165) is 32.4 Å². The van der Waals surface area contributed by atoms with Crippen LogP contribution in [0.1, 0.15) is 19.3 Å². The van der Waals surface area contributed by atoms with E-state index in [2.05, 4.69) is 5.32 Å². The Balaban J connectivity index is 2.20. The lowest BCUT2D eigenvalue weighted by atomic mass is 9.87. The minimum atomic E-state index is 0.290. The van der Waals surface area contributed by atoms with Crippen molar-refractivity contribution >= 4 is 0 Å². The molecule has 0 aliphatic carbocycles. The molecule has 3 heteroatoms. The molecule has 2 atom stereocenters. The van der Waals surface area contributed by atoms with E-state index < -0.39 is 0 Å². The van der Waals surface area contributed by atoms with Gasteiger partial charge >= 0.3 is 0 Å². The Bertz CT molecular complexity index is 103. The summed E-state index contributed by atoms with van der Waals surface area (Å²) in [6.45, 7) is 2.64. The number of hydrogen-bond acceptors (Lipinski definition) is 3. The van der Waals surface area contributed by atoms with Gasteiger partial charge in [-0.25, -0.2) is 0 Å². The van der Waals surface area contributed by atoms with Gasteiger partial charge < -0.3 is 15.5 Å². The van der Waals surface area contributed by atoms with E-state index in [9.17, 15) is 0 Å². The zero-order valence-electron chi connectivity index (χ0n) is 7.50. The van der Waals surface area contributed by atoms with Crippen molar-refractivity contribution < 1.29 is 10.2 Å². The van der Waals surface area contributed by atoms with Crippen molar-refractivity contribution in [3.8, 4) is 0 Å². The smallest absolute Gasteiger partial charge is 0.0434 e. The quantitative estimate of drug-likeness (QED) is 0.560. The van der Waals surface area contributed by atoms with Crippen molar-refractivity contribution in [2.24, 2.45) is 11.8 Å². The maximum absolute atomic E-state index is 8.76. The second-order valence-electron chi connectivity index (χ2n) is 3.65. The Morgan fingerprint density at radius 1 is 1.00 bits per heavy atom. The molecule has 0 aromatic carbocycles. The van der Waals surface area contributed by atoms with E-state index in [-0.39, 0.29) is 13.2 Å². The van der Waals surface area contributed by atoms with Crippen molar-refractivity contribution in [1.82, 2.24) is 5.32 Å². The van der Waals surface area contributed by atoms with Crippen molar-refractivity contribution in [2.45, 2.75) is 19.3 Å². The van der Waals surface area contributed by atoms with Gasteiger partial charge in [-0.05, 0) is 44.2 Å². The van der Waals surface area contributed by atoms with Gasteiger partial charge in [-0.2, -0.15) is 0 Å².